The summed E-state index contributed by atoms with van der Waals surface area (Å²) in [4.78, 5) is 10.1. The van der Waals surface area contributed by atoms with Crippen LogP contribution in [0.1, 0.15) is 11.1 Å². The number of hydrogen-bond donors (Lipinski definition) is 0. The molecule has 9 heteroatoms. The molecule has 3 rings (SSSR count). The SMILES string of the molecule is O=[N+]([O-])c1ccc(S(=O)(=O)N2CCc3c(Cl)cc(Cl)cc3C2)cc1. The summed E-state index contributed by atoms with van der Waals surface area (Å²) in [6.45, 7) is 0.447. The predicted molar refractivity (Wildman–Crippen MR) is 90.9 cm³/mol. The lowest BCUT2D eigenvalue weighted by atomic mass is 10.0. The molecule has 24 heavy (non-hydrogen) atoms. The minimum atomic E-state index is -3.75. The second-order valence-corrected chi connectivity index (χ2v) is 8.15. The van der Waals surface area contributed by atoms with Crippen molar-refractivity contribution in [2.24, 2.45) is 0 Å². The first-order valence-corrected chi connectivity index (χ1v) is 9.20. The molecule has 0 N–H and O–H groups in total. The summed E-state index contributed by atoms with van der Waals surface area (Å²) in [6, 6.07) is 8.20. The number of non-ortho nitro benzene ring substituents is 1. The molecule has 1 heterocycles. The van der Waals surface area contributed by atoms with Gasteiger partial charge in [-0.15, -0.1) is 0 Å². The van der Waals surface area contributed by atoms with Gasteiger partial charge in [-0.25, -0.2) is 8.42 Å². The minimum absolute atomic E-state index is 0.0182. The zero-order chi connectivity index (χ0) is 17.5. The van der Waals surface area contributed by atoms with E-state index in [4.69, 9.17) is 23.2 Å². The van der Waals surface area contributed by atoms with Gasteiger partial charge in [0.1, 0.15) is 0 Å². The van der Waals surface area contributed by atoms with Gasteiger partial charge in [0, 0.05) is 35.3 Å². The van der Waals surface area contributed by atoms with E-state index in [-0.39, 0.29) is 23.7 Å². The van der Waals surface area contributed by atoms with Gasteiger partial charge >= 0.3 is 0 Å². The lowest BCUT2D eigenvalue weighted by molar-refractivity contribution is -0.384. The molecule has 2 aromatic rings. The van der Waals surface area contributed by atoms with Crippen molar-refractivity contribution in [2.45, 2.75) is 17.9 Å². The molecule has 1 aliphatic rings. The van der Waals surface area contributed by atoms with Crippen LogP contribution >= 0.6 is 23.2 Å². The lowest BCUT2D eigenvalue weighted by Crippen LogP contribution is -2.36. The van der Waals surface area contributed by atoms with Crippen LogP contribution in [0.4, 0.5) is 5.69 Å². The van der Waals surface area contributed by atoms with Crippen molar-refractivity contribution in [3.63, 3.8) is 0 Å². The lowest BCUT2D eigenvalue weighted by Gasteiger charge is -2.28. The number of rotatable bonds is 3. The summed E-state index contributed by atoms with van der Waals surface area (Å²) >= 11 is 12.1. The van der Waals surface area contributed by atoms with Gasteiger partial charge < -0.3 is 0 Å². The number of halogens is 2. The van der Waals surface area contributed by atoms with E-state index in [1.54, 1.807) is 12.1 Å². The zero-order valence-electron chi connectivity index (χ0n) is 12.3. The molecule has 1 aliphatic heterocycles. The number of nitro benzene ring substituents is 1. The molecule has 0 spiro atoms. The number of benzene rings is 2. The van der Waals surface area contributed by atoms with Crippen LogP contribution in [0.5, 0.6) is 0 Å². The van der Waals surface area contributed by atoms with Crippen LogP contribution in [0.25, 0.3) is 0 Å². The molecule has 0 saturated carbocycles. The third-order valence-electron chi connectivity index (χ3n) is 3.90. The second-order valence-electron chi connectivity index (χ2n) is 5.36. The Morgan fingerprint density at radius 3 is 2.42 bits per heavy atom. The van der Waals surface area contributed by atoms with E-state index in [0.717, 1.165) is 11.1 Å². The summed E-state index contributed by atoms with van der Waals surface area (Å²) in [6.07, 6.45) is 0.484. The fourth-order valence-corrected chi connectivity index (χ4v) is 4.73. The first-order valence-electron chi connectivity index (χ1n) is 7.00. The quantitative estimate of drug-likeness (QED) is 0.595. The van der Waals surface area contributed by atoms with Gasteiger partial charge in [-0.3, -0.25) is 10.1 Å². The Hall–Kier alpha value is -1.67. The third-order valence-corrected chi connectivity index (χ3v) is 6.31. The maximum absolute atomic E-state index is 12.7. The standard InChI is InChI=1S/C15H12Cl2N2O4S/c16-11-7-10-9-18(6-5-14(10)15(17)8-11)24(22,23)13-3-1-12(2-4-13)19(20)21/h1-4,7-8H,5-6,9H2. The van der Waals surface area contributed by atoms with Gasteiger partial charge in [-0.05, 0) is 41.8 Å². The van der Waals surface area contributed by atoms with Crippen molar-refractivity contribution in [3.8, 4) is 0 Å². The van der Waals surface area contributed by atoms with Crippen molar-refractivity contribution < 1.29 is 13.3 Å². The molecule has 0 aromatic heterocycles. The Bertz CT molecular complexity index is 914. The number of hydrogen-bond acceptors (Lipinski definition) is 4. The van der Waals surface area contributed by atoms with E-state index in [1.807, 2.05) is 0 Å². The maximum atomic E-state index is 12.7. The summed E-state index contributed by atoms with van der Waals surface area (Å²) in [5.41, 5.74) is 1.51. The van der Waals surface area contributed by atoms with E-state index in [0.29, 0.717) is 16.5 Å². The highest BCUT2D eigenvalue weighted by atomic mass is 35.5. The van der Waals surface area contributed by atoms with E-state index >= 15 is 0 Å². The molecule has 0 fully saturated rings. The van der Waals surface area contributed by atoms with Crippen LogP contribution in [0.2, 0.25) is 10.0 Å². The van der Waals surface area contributed by atoms with Gasteiger partial charge in [0.15, 0.2) is 0 Å². The highest BCUT2D eigenvalue weighted by Crippen LogP contribution is 2.32. The van der Waals surface area contributed by atoms with Crippen LogP contribution in [0, 0.1) is 10.1 Å². The van der Waals surface area contributed by atoms with Gasteiger partial charge in [0.25, 0.3) is 5.69 Å². The maximum Gasteiger partial charge on any atom is 0.269 e. The van der Waals surface area contributed by atoms with E-state index in [2.05, 4.69) is 0 Å². The van der Waals surface area contributed by atoms with Crippen LogP contribution in [-0.2, 0) is 23.0 Å². The van der Waals surface area contributed by atoms with E-state index in [1.165, 1.54) is 28.6 Å². The smallest absolute Gasteiger partial charge is 0.258 e. The summed E-state index contributed by atoms with van der Waals surface area (Å²) in [5, 5.41) is 11.7. The number of fused-ring (bicyclic) bond motifs is 1. The number of nitrogens with zero attached hydrogens (tertiary/aromatic N) is 2. The molecule has 2 aromatic carbocycles. The molecule has 0 radical (unpaired) electrons. The normalized spacial score (nSPS) is 15.1. The Morgan fingerprint density at radius 2 is 1.79 bits per heavy atom. The van der Waals surface area contributed by atoms with Crippen LogP contribution in [0.15, 0.2) is 41.3 Å². The molecule has 0 amide bonds. The first kappa shape index (κ1) is 17.2. The van der Waals surface area contributed by atoms with Crippen molar-refractivity contribution in [2.75, 3.05) is 6.54 Å². The molecule has 0 unspecified atom stereocenters. The number of nitro groups is 1. The van der Waals surface area contributed by atoms with Crippen LogP contribution in [-0.4, -0.2) is 24.2 Å². The summed E-state index contributed by atoms with van der Waals surface area (Å²) < 4.78 is 26.8. The molecule has 0 aliphatic carbocycles. The van der Waals surface area contributed by atoms with Gasteiger partial charge in [0.2, 0.25) is 10.0 Å². The summed E-state index contributed by atoms with van der Waals surface area (Å²) in [7, 11) is -3.75. The Kier molecular flexibility index (Phi) is 4.52. The second kappa shape index (κ2) is 6.33. The highest BCUT2D eigenvalue weighted by molar-refractivity contribution is 7.89. The number of sulfonamides is 1. The first-order chi connectivity index (χ1) is 11.3. The van der Waals surface area contributed by atoms with Crippen molar-refractivity contribution in [3.05, 3.63) is 67.7 Å². The van der Waals surface area contributed by atoms with Crippen molar-refractivity contribution >= 4 is 38.9 Å². The molecule has 6 nitrogen and oxygen atoms in total. The van der Waals surface area contributed by atoms with Gasteiger partial charge in [0.05, 0.1) is 9.82 Å². The van der Waals surface area contributed by atoms with Crippen LogP contribution in [0.3, 0.4) is 0 Å². The van der Waals surface area contributed by atoms with Gasteiger partial charge in [-0.1, -0.05) is 23.2 Å². The largest absolute Gasteiger partial charge is 0.269 e. The molecule has 0 atom stereocenters. The highest BCUT2D eigenvalue weighted by Gasteiger charge is 2.29. The Morgan fingerprint density at radius 1 is 1.12 bits per heavy atom. The fourth-order valence-electron chi connectivity index (χ4n) is 2.68. The fraction of sp³-hybridized carbons (Fsp3) is 0.200. The third kappa shape index (κ3) is 3.12. The monoisotopic (exact) mass is 386 g/mol. The molecular weight excluding hydrogens is 375 g/mol. The topological polar surface area (TPSA) is 80.5 Å². The molecule has 0 saturated heterocycles. The van der Waals surface area contributed by atoms with Crippen molar-refractivity contribution in [1.82, 2.24) is 4.31 Å². The molecule has 0 bridgehead atoms. The zero-order valence-corrected chi connectivity index (χ0v) is 14.6. The van der Waals surface area contributed by atoms with Crippen molar-refractivity contribution in [1.29, 1.82) is 0 Å². The Labute approximate surface area is 148 Å². The molecule has 126 valence electrons. The molecular formula is C15H12Cl2N2O4S. The predicted octanol–water partition coefficient (Wildman–Crippen LogP) is 3.65. The average Bonchev–Trinajstić information content (AvgIpc) is 2.54. The van der Waals surface area contributed by atoms with Crippen LogP contribution < -0.4 is 0 Å². The van der Waals surface area contributed by atoms with E-state index in [9.17, 15) is 18.5 Å². The Balaban J connectivity index is 1.92. The summed E-state index contributed by atoms with van der Waals surface area (Å²) in [5.74, 6) is 0. The average molecular weight is 387 g/mol. The minimum Gasteiger partial charge on any atom is -0.258 e. The van der Waals surface area contributed by atoms with E-state index < -0.39 is 14.9 Å². The van der Waals surface area contributed by atoms with Gasteiger partial charge in [-0.2, -0.15) is 4.31 Å².